The van der Waals surface area contributed by atoms with Gasteiger partial charge in [0.05, 0.1) is 0 Å². The summed E-state index contributed by atoms with van der Waals surface area (Å²) in [6.07, 6.45) is 5.98. The van der Waals surface area contributed by atoms with Crippen LogP contribution in [0.4, 0.5) is 0 Å². The highest BCUT2D eigenvalue weighted by Crippen LogP contribution is 2.69. The van der Waals surface area contributed by atoms with Gasteiger partial charge in [-0.1, -0.05) is 30.3 Å². The topological polar surface area (TPSA) is 12.0 Å². The van der Waals surface area contributed by atoms with Gasteiger partial charge in [-0.2, -0.15) is 0 Å². The molecule has 0 spiro atoms. The highest BCUT2D eigenvalue weighted by Gasteiger charge is 2.61. The molecule has 4 rings (SSSR count). The minimum Gasteiger partial charge on any atom is -0.319 e. The van der Waals surface area contributed by atoms with Crippen molar-refractivity contribution in [3.05, 3.63) is 35.9 Å². The monoisotopic (exact) mass is 241 g/mol. The second-order valence-electron chi connectivity index (χ2n) is 6.92. The van der Waals surface area contributed by atoms with E-state index in [4.69, 9.17) is 0 Å². The summed E-state index contributed by atoms with van der Waals surface area (Å²) >= 11 is 0. The Kier molecular flexibility index (Phi) is 2.35. The van der Waals surface area contributed by atoms with Gasteiger partial charge >= 0.3 is 0 Å². The molecule has 3 saturated carbocycles. The first kappa shape index (κ1) is 11.0. The maximum Gasteiger partial charge on any atom is 0.000789 e. The molecule has 3 aliphatic rings. The van der Waals surface area contributed by atoms with Gasteiger partial charge in [-0.15, -0.1) is 0 Å². The summed E-state index contributed by atoms with van der Waals surface area (Å²) < 4.78 is 0. The van der Waals surface area contributed by atoms with E-state index in [2.05, 4.69) is 42.7 Å². The van der Waals surface area contributed by atoms with Gasteiger partial charge in [0.25, 0.3) is 0 Å². The van der Waals surface area contributed by atoms with Crippen molar-refractivity contribution < 1.29 is 0 Å². The van der Waals surface area contributed by atoms with Crippen LogP contribution in [0.1, 0.15) is 37.2 Å². The van der Waals surface area contributed by atoms with Crippen LogP contribution >= 0.6 is 0 Å². The van der Waals surface area contributed by atoms with Crippen LogP contribution in [-0.4, -0.2) is 13.6 Å². The molecule has 0 bridgehead atoms. The fourth-order valence-electron chi connectivity index (χ4n) is 4.81. The molecule has 0 amide bonds. The van der Waals surface area contributed by atoms with Crippen molar-refractivity contribution in [2.45, 2.75) is 31.6 Å². The van der Waals surface area contributed by atoms with Crippen molar-refractivity contribution in [2.75, 3.05) is 13.6 Å². The Hall–Kier alpha value is -0.820. The summed E-state index contributed by atoms with van der Waals surface area (Å²) in [6, 6.07) is 11.2. The molecule has 0 aliphatic heterocycles. The van der Waals surface area contributed by atoms with Crippen LogP contribution < -0.4 is 5.32 Å². The summed E-state index contributed by atoms with van der Waals surface area (Å²) in [4.78, 5) is 0. The molecule has 1 N–H and O–H groups in total. The molecule has 1 heteroatoms. The molecule has 18 heavy (non-hydrogen) atoms. The van der Waals surface area contributed by atoms with E-state index >= 15 is 0 Å². The molecule has 3 fully saturated rings. The number of fused-ring (bicyclic) bond motifs is 1. The van der Waals surface area contributed by atoms with Crippen LogP contribution in [-0.2, 0) is 0 Å². The maximum atomic E-state index is 3.48. The molecule has 1 nitrogen and oxygen atoms in total. The van der Waals surface area contributed by atoms with E-state index in [1.54, 1.807) is 5.56 Å². The van der Waals surface area contributed by atoms with Crippen LogP contribution in [0, 0.1) is 23.2 Å². The fourth-order valence-corrected chi connectivity index (χ4v) is 4.81. The van der Waals surface area contributed by atoms with Gasteiger partial charge in [-0.3, -0.25) is 0 Å². The SMILES string of the molecule is CNCC1(C2CC2c2ccccc2)CC2CC2C1. The third-order valence-corrected chi connectivity index (χ3v) is 5.74. The predicted octanol–water partition coefficient (Wildman–Crippen LogP) is 3.43. The largest absolute Gasteiger partial charge is 0.319 e. The zero-order valence-corrected chi connectivity index (χ0v) is 11.2. The zero-order chi connectivity index (χ0) is 12.2. The molecule has 3 aliphatic carbocycles. The van der Waals surface area contributed by atoms with Crippen molar-refractivity contribution in [1.82, 2.24) is 5.32 Å². The smallest absolute Gasteiger partial charge is 0.000789 e. The van der Waals surface area contributed by atoms with E-state index in [0.717, 1.165) is 23.7 Å². The third kappa shape index (κ3) is 1.64. The number of hydrogen-bond donors (Lipinski definition) is 1. The third-order valence-electron chi connectivity index (χ3n) is 5.74. The molecule has 1 aromatic rings. The summed E-state index contributed by atoms with van der Waals surface area (Å²) in [5.41, 5.74) is 2.22. The predicted molar refractivity (Wildman–Crippen MR) is 74.5 cm³/mol. The van der Waals surface area contributed by atoms with Gasteiger partial charge in [0.2, 0.25) is 0 Å². The lowest BCUT2D eigenvalue weighted by atomic mass is 9.76. The van der Waals surface area contributed by atoms with Crippen LogP contribution in [0.15, 0.2) is 30.3 Å². The van der Waals surface area contributed by atoms with Gasteiger partial charge in [-0.25, -0.2) is 0 Å². The fraction of sp³-hybridized carbons (Fsp3) is 0.647. The lowest BCUT2D eigenvalue weighted by molar-refractivity contribution is 0.210. The van der Waals surface area contributed by atoms with Gasteiger partial charge in [-0.05, 0) is 67.4 Å². The number of benzene rings is 1. The van der Waals surface area contributed by atoms with E-state index in [1.165, 1.54) is 32.2 Å². The quantitative estimate of drug-likeness (QED) is 0.851. The molecule has 0 aromatic heterocycles. The molecule has 4 unspecified atom stereocenters. The molecule has 0 heterocycles. The first-order valence-corrected chi connectivity index (χ1v) is 7.52. The van der Waals surface area contributed by atoms with E-state index in [0.29, 0.717) is 5.41 Å². The Morgan fingerprint density at radius 2 is 1.83 bits per heavy atom. The van der Waals surface area contributed by atoms with Gasteiger partial charge < -0.3 is 5.32 Å². The normalized spacial score (nSPS) is 44.7. The molecule has 4 atom stereocenters. The lowest BCUT2D eigenvalue weighted by Gasteiger charge is -2.31. The van der Waals surface area contributed by atoms with Crippen molar-refractivity contribution >= 4 is 0 Å². The molecule has 96 valence electrons. The maximum absolute atomic E-state index is 3.48. The lowest BCUT2D eigenvalue weighted by Crippen LogP contribution is -2.33. The Bertz CT molecular complexity index is 428. The highest BCUT2D eigenvalue weighted by atomic mass is 14.9. The van der Waals surface area contributed by atoms with Crippen LogP contribution in [0.2, 0.25) is 0 Å². The number of hydrogen-bond acceptors (Lipinski definition) is 1. The minimum absolute atomic E-state index is 0.642. The van der Waals surface area contributed by atoms with Gasteiger partial charge in [0, 0.05) is 6.54 Å². The first-order chi connectivity index (χ1) is 8.82. The molecule has 0 radical (unpaired) electrons. The van der Waals surface area contributed by atoms with Crippen LogP contribution in [0.3, 0.4) is 0 Å². The standard InChI is InChI=1S/C17H23N/c1-18-11-17(9-13-7-14(13)10-17)16-8-15(16)12-5-3-2-4-6-12/h2-6,13-16,18H,7-11H2,1H3. The van der Waals surface area contributed by atoms with Crippen molar-refractivity contribution in [3.63, 3.8) is 0 Å². The van der Waals surface area contributed by atoms with E-state index < -0.39 is 0 Å². The van der Waals surface area contributed by atoms with E-state index in [-0.39, 0.29) is 0 Å². The summed E-state index contributed by atoms with van der Waals surface area (Å²) in [5, 5.41) is 3.48. The average Bonchev–Trinajstić information content (AvgIpc) is 3.29. The first-order valence-electron chi connectivity index (χ1n) is 7.52. The minimum atomic E-state index is 0.642. The van der Waals surface area contributed by atoms with Crippen LogP contribution in [0.5, 0.6) is 0 Å². The van der Waals surface area contributed by atoms with Crippen molar-refractivity contribution in [3.8, 4) is 0 Å². The Labute approximate surface area is 110 Å². The van der Waals surface area contributed by atoms with Gasteiger partial charge in [0.1, 0.15) is 0 Å². The van der Waals surface area contributed by atoms with E-state index in [1.807, 2.05) is 0 Å². The zero-order valence-electron chi connectivity index (χ0n) is 11.2. The number of rotatable bonds is 4. The molecule has 1 aromatic carbocycles. The molecule has 0 saturated heterocycles. The van der Waals surface area contributed by atoms with Crippen molar-refractivity contribution in [2.24, 2.45) is 23.2 Å². The summed E-state index contributed by atoms with van der Waals surface area (Å²) in [5.74, 6) is 4.00. The molecular formula is C17H23N. The van der Waals surface area contributed by atoms with Gasteiger partial charge in [0.15, 0.2) is 0 Å². The summed E-state index contributed by atoms with van der Waals surface area (Å²) in [6.45, 7) is 1.24. The Morgan fingerprint density at radius 3 is 2.50 bits per heavy atom. The second-order valence-corrected chi connectivity index (χ2v) is 6.92. The Morgan fingerprint density at radius 1 is 1.11 bits per heavy atom. The molecular weight excluding hydrogens is 218 g/mol. The Balaban J connectivity index is 1.53. The second kappa shape index (κ2) is 3.84. The van der Waals surface area contributed by atoms with E-state index in [9.17, 15) is 0 Å². The highest BCUT2D eigenvalue weighted by molar-refractivity contribution is 5.28. The summed E-state index contributed by atoms with van der Waals surface area (Å²) in [7, 11) is 2.13. The number of nitrogens with one attached hydrogen (secondary N) is 1. The van der Waals surface area contributed by atoms with Crippen molar-refractivity contribution in [1.29, 1.82) is 0 Å². The average molecular weight is 241 g/mol. The van der Waals surface area contributed by atoms with Crippen LogP contribution in [0.25, 0.3) is 0 Å².